The molecule has 3 N–H and O–H groups in total. The van der Waals surface area contributed by atoms with E-state index in [4.69, 9.17) is 10.5 Å². The number of nitrogens with zero attached hydrogens (tertiary/aromatic N) is 6. The summed E-state index contributed by atoms with van der Waals surface area (Å²) in [6.07, 6.45) is -6.31. The van der Waals surface area contributed by atoms with Gasteiger partial charge in [0, 0.05) is 37.9 Å². The number of fused-ring (bicyclic) bond motifs is 3. The SMILES string of the molecule is Cc1cc(N)nc(-c2ncc3c(N4CC5CCC(C4)N5)nc(OC[C@@H]4[C@H](C(F)(F)F)CN4C)nc3c2F)c1C(F)(F)F. The summed E-state index contributed by atoms with van der Waals surface area (Å²) >= 11 is 0. The van der Waals surface area contributed by atoms with Crippen LogP contribution in [0.4, 0.5) is 42.4 Å². The Morgan fingerprint density at radius 3 is 2.33 bits per heavy atom. The van der Waals surface area contributed by atoms with Gasteiger partial charge in [0.15, 0.2) is 5.82 Å². The Hall–Kier alpha value is -3.53. The zero-order chi connectivity index (χ0) is 30.1. The second kappa shape index (κ2) is 10.0. The smallest absolute Gasteiger partial charge is 0.418 e. The van der Waals surface area contributed by atoms with Crippen molar-refractivity contribution in [3.05, 3.63) is 29.2 Å². The van der Waals surface area contributed by atoms with E-state index in [0.29, 0.717) is 13.1 Å². The zero-order valence-electron chi connectivity index (χ0n) is 22.5. The quantitative estimate of drug-likeness (QED) is 0.422. The van der Waals surface area contributed by atoms with Crippen molar-refractivity contribution in [2.75, 3.05) is 43.9 Å². The van der Waals surface area contributed by atoms with Crippen molar-refractivity contribution in [2.45, 2.75) is 50.2 Å². The first kappa shape index (κ1) is 28.6. The van der Waals surface area contributed by atoms with Gasteiger partial charge in [0.05, 0.1) is 22.9 Å². The molecule has 6 rings (SSSR count). The van der Waals surface area contributed by atoms with Crippen molar-refractivity contribution in [1.82, 2.24) is 30.2 Å². The predicted molar refractivity (Wildman–Crippen MR) is 138 cm³/mol. The van der Waals surface area contributed by atoms with Gasteiger partial charge in [0.1, 0.15) is 35.1 Å². The highest BCUT2D eigenvalue weighted by atomic mass is 19.4. The number of aryl methyl sites for hydroxylation is 1. The number of likely N-dealkylation sites (tertiary alicyclic amines) is 1. The van der Waals surface area contributed by atoms with Crippen molar-refractivity contribution in [3.8, 4) is 17.4 Å². The van der Waals surface area contributed by atoms with Crippen LogP contribution in [0.1, 0.15) is 24.0 Å². The van der Waals surface area contributed by atoms with Crippen molar-refractivity contribution in [3.63, 3.8) is 0 Å². The van der Waals surface area contributed by atoms with Crippen molar-refractivity contribution < 1.29 is 35.5 Å². The third-order valence-corrected chi connectivity index (χ3v) is 8.22. The lowest BCUT2D eigenvalue weighted by Crippen LogP contribution is -2.61. The van der Waals surface area contributed by atoms with E-state index < -0.39 is 65.2 Å². The molecule has 3 fully saturated rings. The lowest BCUT2D eigenvalue weighted by atomic mass is 9.89. The van der Waals surface area contributed by atoms with Crippen LogP contribution in [-0.4, -0.2) is 82.4 Å². The molecule has 226 valence electrons. The first-order valence-electron chi connectivity index (χ1n) is 13.3. The number of ether oxygens (including phenoxy) is 1. The Morgan fingerprint density at radius 1 is 1.02 bits per heavy atom. The summed E-state index contributed by atoms with van der Waals surface area (Å²) < 4.78 is 104. The minimum Gasteiger partial charge on any atom is -0.462 e. The summed E-state index contributed by atoms with van der Waals surface area (Å²) in [5.41, 5.74) is 2.34. The summed E-state index contributed by atoms with van der Waals surface area (Å²) in [5, 5.41) is 3.58. The molecule has 0 saturated carbocycles. The van der Waals surface area contributed by atoms with Gasteiger partial charge in [-0.1, -0.05) is 0 Å². The Labute approximate surface area is 235 Å². The van der Waals surface area contributed by atoms with E-state index in [-0.39, 0.29) is 41.2 Å². The second-order valence-corrected chi connectivity index (χ2v) is 11.1. The van der Waals surface area contributed by atoms with Gasteiger partial charge in [-0.2, -0.15) is 36.3 Å². The highest BCUT2D eigenvalue weighted by Gasteiger charge is 2.53. The van der Waals surface area contributed by atoms with Crippen LogP contribution in [0.2, 0.25) is 0 Å². The number of hydrogen-bond donors (Lipinski definition) is 2. The van der Waals surface area contributed by atoms with Gasteiger partial charge in [-0.25, -0.2) is 9.37 Å². The molecular weight excluding hydrogens is 573 g/mol. The molecule has 2 bridgehead atoms. The Bertz CT molecular complexity index is 1520. The predicted octanol–water partition coefficient (Wildman–Crippen LogP) is 3.95. The van der Waals surface area contributed by atoms with Crippen molar-refractivity contribution >= 4 is 22.5 Å². The Kier molecular flexibility index (Phi) is 6.83. The van der Waals surface area contributed by atoms with Gasteiger partial charge in [-0.3, -0.25) is 9.88 Å². The van der Waals surface area contributed by atoms with Crippen LogP contribution >= 0.6 is 0 Å². The molecule has 0 radical (unpaired) electrons. The van der Waals surface area contributed by atoms with Crippen LogP contribution in [0.15, 0.2) is 12.3 Å². The van der Waals surface area contributed by atoms with E-state index in [2.05, 4.69) is 25.3 Å². The van der Waals surface area contributed by atoms with E-state index in [1.54, 1.807) is 0 Å². The van der Waals surface area contributed by atoms with Crippen LogP contribution in [0, 0.1) is 18.7 Å². The molecule has 3 aliphatic rings. The minimum atomic E-state index is -4.89. The lowest BCUT2D eigenvalue weighted by Gasteiger charge is -2.46. The van der Waals surface area contributed by atoms with E-state index in [9.17, 15) is 26.3 Å². The maximum Gasteiger partial charge on any atom is 0.418 e. The Morgan fingerprint density at radius 2 is 1.71 bits per heavy atom. The first-order valence-corrected chi connectivity index (χ1v) is 13.3. The van der Waals surface area contributed by atoms with Gasteiger partial charge in [-0.15, -0.1) is 0 Å². The number of anilines is 2. The average Bonchev–Trinajstić information content (AvgIpc) is 3.22. The summed E-state index contributed by atoms with van der Waals surface area (Å²) in [5.74, 6) is -2.86. The van der Waals surface area contributed by atoms with E-state index in [1.165, 1.54) is 25.1 Å². The number of halogens is 7. The number of nitrogens with one attached hydrogen (secondary N) is 1. The van der Waals surface area contributed by atoms with Crippen LogP contribution in [0.3, 0.4) is 0 Å². The largest absolute Gasteiger partial charge is 0.462 e. The maximum absolute atomic E-state index is 16.2. The van der Waals surface area contributed by atoms with Gasteiger partial charge in [-0.05, 0) is 38.4 Å². The second-order valence-electron chi connectivity index (χ2n) is 11.1. The standard InChI is InChI=1S/C26H27F7N8O/c1-11-5-17(34)37-21(18(11)26(31,32)33)22-19(27)20-14(6-35-22)23(41-7-12-3-4-13(8-41)36-12)39-24(38-20)42-10-16-15(9-40(16)2)25(28,29)30/h5-6,12-13,15-16,36H,3-4,7-10H2,1-2H3,(H2,34,37)/t12?,13?,15-,16-/m1/s1. The topological polar surface area (TPSA) is 105 Å². The number of aromatic nitrogens is 4. The lowest BCUT2D eigenvalue weighted by molar-refractivity contribution is -0.230. The molecule has 0 aliphatic carbocycles. The number of pyridine rings is 2. The fourth-order valence-electron chi connectivity index (χ4n) is 6.15. The molecule has 3 aromatic rings. The molecule has 2 unspecified atom stereocenters. The fraction of sp³-hybridized carbons (Fsp3) is 0.538. The van der Waals surface area contributed by atoms with E-state index in [1.807, 2.05) is 4.90 Å². The molecule has 0 amide bonds. The number of nitrogens with two attached hydrogens (primary N) is 1. The first-order chi connectivity index (χ1) is 19.7. The highest BCUT2D eigenvalue weighted by Crippen LogP contribution is 2.41. The maximum atomic E-state index is 16.2. The van der Waals surface area contributed by atoms with Crippen LogP contribution in [0.25, 0.3) is 22.3 Å². The molecule has 6 heterocycles. The van der Waals surface area contributed by atoms with Gasteiger partial charge in [0.2, 0.25) is 0 Å². The van der Waals surface area contributed by atoms with E-state index >= 15 is 4.39 Å². The zero-order valence-corrected chi connectivity index (χ0v) is 22.5. The number of rotatable bonds is 5. The number of hydrogen-bond acceptors (Lipinski definition) is 9. The van der Waals surface area contributed by atoms with Crippen molar-refractivity contribution in [2.24, 2.45) is 5.92 Å². The molecule has 9 nitrogen and oxygen atoms in total. The number of likely N-dealkylation sites (N-methyl/N-ethyl adjacent to an activating group) is 1. The van der Waals surface area contributed by atoms with Gasteiger partial charge < -0.3 is 20.7 Å². The van der Waals surface area contributed by atoms with Gasteiger partial charge >= 0.3 is 18.4 Å². The van der Waals surface area contributed by atoms with Crippen molar-refractivity contribution in [1.29, 1.82) is 0 Å². The normalized spacial score (nSPS) is 24.7. The third-order valence-electron chi connectivity index (χ3n) is 8.22. The molecule has 4 atom stereocenters. The third kappa shape index (κ3) is 5.03. The molecule has 16 heteroatoms. The Balaban J connectivity index is 1.46. The summed E-state index contributed by atoms with van der Waals surface area (Å²) in [6.45, 7) is 1.57. The molecule has 3 saturated heterocycles. The molecule has 42 heavy (non-hydrogen) atoms. The molecule has 3 aliphatic heterocycles. The van der Waals surface area contributed by atoms with E-state index in [0.717, 1.165) is 18.9 Å². The van der Waals surface area contributed by atoms with Crippen LogP contribution in [-0.2, 0) is 6.18 Å². The number of nitrogen functional groups attached to an aromatic ring is 1. The minimum absolute atomic E-state index is 0.119. The fourth-order valence-corrected chi connectivity index (χ4v) is 6.15. The van der Waals surface area contributed by atoms with Crippen LogP contribution in [0.5, 0.6) is 6.01 Å². The number of alkyl halides is 6. The number of piperazine rings is 1. The molecule has 3 aromatic heterocycles. The summed E-state index contributed by atoms with van der Waals surface area (Å²) in [4.78, 5) is 19.7. The average molecular weight is 601 g/mol. The summed E-state index contributed by atoms with van der Waals surface area (Å²) in [7, 11) is 1.52. The molecule has 0 aromatic carbocycles. The monoisotopic (exact) mass is 600 g/mol. The summed E-state index contributed by atoms with van der Waals surface area (Å²) in [6, 6.07) is -0.0924. The van der Waals surface area contributed by atoms with Gasteiger partial charge in [0.25, 0.3) is 0 Å². The van der Waals surface area contributed by atoms with Crippen LogP contribution < -0.4 is 20.7 Å². The molecule has 0 spiro atoms. The molecular formula is C26H27F7N8O. The highest BCUT2D eigenvalue weighted by molar-refractivity contribution is 5.92.